The number of amides is 2. The number of quaternary nitrogens is 1. The van der Waals surface area contributed by atoms with Crippen molar-refractivity contribution < 1.29 is 38.7 Å². The molecule has 3 aliphatic heterocycles. The molecule has 4 heterocycles. The highest BCUT2D eigenvalue weighted by atomic mass is 32.2. The molecule has 7 N–H and O–H groups in total. The smallest absolute Gasteiger partial charge is 0.352 e. The normalized spacial score (nSPS) is 22.8. The van der Waals surface area contributed by atoms with Crippen molar-refractivity contribution in [1.82, 2.24) is 15.2 Å². The lowest BCUT2D eigenvalue weighted by Gasteiger charge is -2.50. The fraction of sp³-hybridized carbons (Fsp3) is 0.565. The summed E-state index contributed by atoms with van der Waals surface area (Å²) >= 11 is 2.42. The minimum atomic E-state index is -1.74. The van der Waals surface area contributed by atoms with Crippen molar-refractivity contribution in [3.63, 3.8) is 0 Å². The molecule has 39 heavy (non-hydrogen) atoms. The maximum Gasteiger partial charge on any atom is 0.352 e. The number of aromatic nitrogens is 1. The fourth-order valence-corrected chi connectivity index (χ4v) is 6.84. The number of aliphatic carboxylic acids is 2. The summed E-state index contributed by atoms with van der Waals surface area (Å²) in [5.41, 5.74) is 10.1. The van der Waals surface area contributed by atoms with Crippen LogP contribution in [-0.2, 0) is 24.0 Å². The van der Waals surface area contributed by atoms with Crippen LogP contribution in [0, 0.1) is 0 Å². The third-order valence-electron chi connectivity index (χ3n) is 7.04. The minimum Gasteiger partial charge on any atom is -0.478 e. The number of nitrogens with one attached hydrogen (secondary N) is 1. The van der Waals surface area contributed by atoms with Crippen molar-refractivity contribution in [3.05, 3.63) is 22.3 Å². The van der Waals surface area contributed by atoms with Crippen molar-refractivity contribution in [2.75, 3.05) is 44.2 Å². The van der Waals surface area contributed by atoms with Gasteiger partial charge in [0.05, 0.1) is 19.6 Å². The quantitative estimate of drug-likeness (QED) is 0.0982. The van der Waals surface area contributed by atoms with Gasteiger partial charge in [-0.1, -0.05) is 5.16 Å². The molecular weight excluding hydrogens is 550 g/mol. The summed E-state index contributed by atoms with van der Waals surface area (Å²) in [6.45, 7) is 6.09. The highest BCUT2D eigenvalue weighted by Gasteiger charge is 2.55. The Bertz CT molecular complexity index is 1240. The number of thioether (sulfide) groups is 1. The second kappa shape index (κ2) is 11.1. The molecule has 1 aromatic heterocycles. The molecule has 3 aliphatic rings. The topological polar surface area (TPSA) is 211 Å². The van der Waals surface area contributed by atoms with Gasteiger partial charge >= 0.3 is 11.9 Å². The molecule has 2 fully saturated rings. The number of likely N-dealkylation sites (tertiary alicyclic amines) is 1. The number of carbonyl (C=O) groups excluding carboxylic acids is 2. The number of β-lactam (4-membered cyclic amide) rings is 1. The van der Waals surface area contributed by atoms with Crippen LogP contribution < -0.4 is 16.8 Å². The van der Waals surface area contributed by atoms with E-state index in [-0.39, 0.29) is 22.2 Å². The molecule has 0 aromatic carbocycles. The lowest BCUT2D eigenvalue weighted by Crippen LogP contribution is -2.71. The molecule has 212 valence electrons. The number of carboxylic acids is 2. The van der Waals surface area contributed by atoms with Crippen LogP contribution in [0.25, 0.3) is 0 Å². The molecule has 0 unspecified atom stereocenters. The van der Waals surface area contributed by atoms with Gasteiger partial charge in [-0.2, -0.15) is 0 Å². The van der Waals surface area contributed by atoms with Gasteiger partial charge < -0.3 is 36.3 Å². The van der Waals surface area contributed by atoms with Gasteiger partial charge in [-0.05, 0) is 13.8 Å². The van der Waals surface area contributed by atoms with E-state index in [9.17, 15) is 29.4 Å². The van der Waals surface area contributed by atoms with Crippen LogP contribution in [0.4, 0.5) is 5.13 Å². The Labute approximate surface area is 232 Å². The van der Waals surface area contributed by atoms with Gasteiger partial charge in [0, 0.05) is 36.1 Å². The largest absolute Gasteiger partial charge is 0.478 e. The maximum absolute atomic E-state index is 13.2. The summed E-state index contributed by atoms with van der Waals surface area (Å²) in [6.07, 6.45) is 2.09. The molecular formula is C23H32N7O7S2+. The van der Waals surface area contributed by atoms with E-state index in [0.29, 0.717) is 28.9 Å². The highest BCUT2D eigenvalue weighted by molar-refractivity contribution is 8.00. The first-order valence-corrected chi connectivity index (χ1v) is 14.3. The van der Waals surface area contributed by atoms with E-state index in [4.69, 9.17) is 16.3 Å². The van der Waals surface area contributed by atoms with E-state index < -0.39 is 40.8 Å². The van der Waals surface area contributed by atoms with Crippen molar-refractivity contribution in [3.8, 4) is 0 Å². The number of oxime groups is 1. The van der Waals surface area contributed by atoms with Crippen LogP contribution in [-0.4, -0.2) is 110 Å². The number of hydrogen-bond donors (Lipinski definition) is 5. The zero-order valence-corrected chi connectivity index (χ0v) is 23.2. The van der Waals surface area contributed by atoms with Gasteiger partial charge in [0.2, 0.25) is 5.60 Å². The van der Waals surface area contributed by atoms with Crippen LogP contribution in [0.2, 0.25) is 0 Å². The van der Waals surface area contributed by atoms with Gasteiger partial charge in [0.15, 0.2) is 10.8 Å². The predicted octanol–water partition coefficient (Wildman–Crippen LogP) is -0.383. The van der Waals surface area contributed by atoms with Gasteiger partial charge in [0.25, 0.3) is 11.8 Å². The van der Waals surface area contributed by atoms with Crippen molar-refractivity contribution in [1.29, 1.82) is 0 Å². The Hall–Kier alpha value is -3.21. The molecule has 2 atom stereocenters. The standard InChI is InChI=1S/C23H31N7O7S2/c1-23(2,21(35)36)37-28-14(13-11-39-22(25)26-13)17(31)27-15-18(32)29-16(20(33)34)12(10-38-19(15)29)9-30(8-5-24)6-3-4-7-30/h11,15,19H,3-10,24H2,1-2H3,(H4-,25,26,27,31,33,34,35,36)/p+1/b28-14-/t15-,19-/m1/s1. The van der Waals surface area contributed by atoms with E-state index in [1.165, 1.54) is 35.9 Å². The van der Waals surface area contributed by atoms with Crippen molar-refractivity contribution in [2.45, 2.75) is 43.7 Å². The number of fused-ring (bicyclic) bond motifs is 1. The summed E-state index contributed by atoms with van der Waals surface area (Å²) < 4.78 is 0.708. The number of rotatable bonds is 11. The number of nitrogen functional groups attached to an aromatic ring is 1. The Kier molecular flexibility index (Phi) is 8.20. The molecule has 4 rings (SSSR count). The predicted molar refractivity (Wildman–Crippen MR) is 144 cm³/mol. The van der Waals surface area contributed by atoms with E-state index in [0.717, 1.165) is 43.8 Å². The first-order chi connectivity index (χ1) is 18.4. The average molecular weight is 583 g/mol. The Morgan fingerprint density at radius 2 is 2.00 bits per heavy atom. The molecule has 16 heteroatoms. The van der Waals surface area contributed by atoms with Crippen molar-refractivity contribution in [2.24, 2.45) is 10.9 Å². The first-order valence-electron chi connectivity index (χ1n) is 12.4. The van der Waals surface area contributed by atoms with Crippen LogP contribution in [0.5, 0.6) is 0 Å². The second-order valence-electron chi connectivity index (χ2n) is 10.2. The Morgan fingerprint density at radius 1 is 1.31 bits per heavy atom. The van der Waals surface area contributed by atoms with Crippen LogP contribution in [0.3, 0.4) is 0 Å². The maximum atomic E-state index is 13.2. The number of thiazole rings is 1. The lowest BCUT2D eigenvalue weighted by atomic mass is 10.0. The number of carboxylic acid groups (broad SMARTS) is 2. The van der Waals surface area contributed by atoms with E-state index in [1.807, 2.05) is 0 Å². The van der Waals surface area contributed by atoms with Gasteiger partial charge in [-0.15, -0.1) is 23.1 Å². The number of anilines is 1. The second-order valence-corrected chi connectivity index (χ2v) is 12.2. The number of carbonyl (C=O) groups is 4. The summed E-state index contributed by atoms with van der Waals surface area (Å²) in [4.78, 5) is 60.5. The van der Waals surface area contributed by atoms with Crippen LogP contribution in [0.1, 0.15) is 32.4 Å². The zero-order chi connectivity index (χ0) is 28.5. The number of hydrogen-bond acceptors (Lipinski definition) is 11. The van der Waals surface area contributed by atoms with Gasteiger partial charge in [0.1, 0.15) is 29.4 Å². The van der Waals surface area contributed by atoms with E-state index >= 15 is 0 Å². The third-order valence-corrected chi connectivity index (χ3v) is 9.05. The number of nitrogens with two attached hydrogens (primary N) is 2. The number of nitrogens with zero attached hydrogens (tertiary/aromatic N) is 4. The summed E-state index contributed by atoms with van der Waals surface area (Å²) in [6, 6.07) is -1.02. The van der Waals surface area contributed by atoms with Crippen LogP contribution in [0.15, 0.2) is 21.8 Å². The molecule has 2 saturated heterocycles. The SMILES string of the molecule is CC(C)(O/N=C(\C(=O)N[C@@H]1C(=O)N2C(C(=O)O)=C(C[N+]3(CCN)CCCC3)CS[C@H]12)c1csc(N)n1)C(=O)O. The van der Waals surface area contributed by atoms with Gasteiger partial charge in [-0.3, -0.25) is 14.5 Å². The summed E-state index contributed by atoms with van der Waals surface area (Å²) in [7, 11) is 0. The molecule has 0 bridgehead atoms. The monoisotopic (exact) mass is 582 g/mol. The molecule has 1 aromatic rings. The fourth-order valence-electron chi connectivity index (χ4n) is 4.96. The Balaban J connectivity index is 1.55. The minimum absolute atomic E-state index is 0.0385. The van der Waals surface area contributed by atoms with E-state index in [1.54, 1.807) is 0 Å². The first kappa shape index (κ1) is 28.8. The van der Waals surface area contributed by atoms with Gasteiger partial charge in [-0.25, -0.2) is 14.6 Å². The molecule has 0 aliphatic carbocycles. The molecule has 14 nitrogen and oxygen atoms in total. The third kappa shape index (κ3) is 5.73. The molecule has 0 spiro atoms. The Morgan fingerprint density at radius 3 is 2.56 bits per heavy atom. The molecule has 0 radical (unpaired) electrons. The molecule has 0 saturated carbocycles. The summed E-state index contributed by atoms with van der Waals surface area (Å²) in [5, 5.41) is 26.7. The average Bonchev–Trinajstić information content (AvgIpc) is 3.51. The zero-order valence-electron chi connectivity index (χ0n) is 21.6. The highest BCUT2D eigenvalue weighted by Crippen LogP contribution is 2.41. The van der Waals surface area contributed by atoms with Crippen molar-refractivity contribution >= 4 is 57.7 Å². The summed E-state index contributed by atoms with van der Waals surface area (Å²) in [5.74, 6) is -3.50. The lowest BCUT2D eigenvalue weighted by molar-refractivity contribution is -0.910. The molecule has 2 amide bonds. The van der Waals surface area contributed by atoms with E-state index in [2.05, 4.69) is 15.5 Å². The van der Waals surface area contributed by atoms with Crippen LogP contribution >= 0.6 is 23.1 Å².